The van der Waals surface area contributed by atoms with Gasteiger partial charge in [0.05, 0.1) is 0 Å². The van der Waals surface area contributed by atoms with Gasteiger partial charge < -0.3 is 9.42 Å². The van der Waals surface area contributed by atoms with Crippen LogP contribution in [0.4, 0.5) is 5.69 Å². The molecule has 0 fully saturated rings. The van der Waals surface area contributed by atoms with Crippen molar-refractivity contribution in [2.75, 3.05) is 11.4 Å². The second-order valence-electron chi connectivity index (χ2n) is 6.45. The van der Waals surface area contributed by atoms with E-state index in [0.717, 1.165) is 28.8 Å². The number of aryl methyl sites for hydroxylation is 2. The molecule has 132 valence electrons. The van der Waals surface area contributed by atoms with Crippen LogP contribution in [0.3, 0.4) is 0 Å². The van der Waals surface area contributed by atoms with Gasteiger partial charge in [0.1, 0.15) is 0 Å². The molecule has 0 N–H and O–H groups in total. The average molecular weight is 368 g/mol. The van der Waals surface area contributed by atoms with Crippen LogP contribution in [0.5, 0.6) is 0 Å². The summed E-state index contributed by atoms with van der Waals surface area (Å²) in [6.45, 7) is 2.71. The molecule has 3 aromatic rings. The Kier molecular flexibility index (Phi) is 4.47. The first-order valence-electron chi connectivity index (χ1n) is 8.58. The lowest BCUT2D eigenvalue weighted by atomic mass is 10.1. The highest BCUT2D eigenvalue weighted by atomic mass is 35.5. The number of aromatic nitrogens is 2. The lowest BCUT2D eigenvalue weighted by Gasteiger charge is -2.16. The lowest BCUT2D eigenvalue weighted by molar-refractivity contribution is -0.118. The van der Waals surface area contributed by atoms with Gasteiger partial charge in [-0.15, -0.1) is 0 Å². The minimum Gasteiger partial charge on any atom is -0.339 e. The number of rotatable bonds is 4. The molecular formula is C20H18ClN3O2. The Morgan fingerprint density at radius 1 is 1.27 bits per heavy atom. The molecular weight excluding hydrogens is 350 g/mol. The van der Waals surface area contributed by atoms with Gasteiger partial charge in [-0.05, 0) is 43.2 Å². The third-order valence-electron chi connectivity index (χ3n) is 4.54. The standard InChI is InChI=1S/C20H18ClN3O2/c1-13-3-2-4-15(11-13)20-22-18(26-23-20)7-8-19(25)24-10-9-14-12-16(21)5-6-17(14)24/h2-6,11-12H,7-10H2,1H3. The molecule has 0 unspecified atom stereocenters. The van der Waals surface area contributed by atoms with E-state index in [0.29, 0.717) is 36.1 Å². The molecule has 0 saturated heterocycles. The monoisotopic (exact) mass is 367 g/mol. The van der Waals surface area contributed by atoms with E-state index in [1.807, 2.05) is 54.3 Å². The second-order valence-corrected chi connectivity index (χ2v) is 6.89. The zero-order chi connectivity index (χ0) is 18.1. The van der Waals surface area contributed by atoms with Crippen LogP contribution in [0.15, 0.2) is 47.0 Å². The molecule has 0 radical (unpaired) electrons. The van der Waals surface area contributed by atoms with Crippen molar-refractivity contribution in [2.45, 2.75) is 26.2 Å². The predicted octanol–water partition coefficient (Wildman–Crippen LogP) is 4.22. The minimum atomic E-state index is 0.0568. The molecule has 0 aliphatic carbocycles. The highest BCUT2D eigenvalue weighted by molar-refractivity contribution is 6.30. The van der Waals surface area contributed by atoms with E-state index in [1.54, 1.807) is 0 Å². The van der Waals surface area contributed by atoms with Crippen LogP contribution < -0.4 is 4.90 Å². The fourth-order valence-corrected chi connectivity index (χ4v) is 3.43. The summed E-state index contributed by atoms with van der Waals surface area (Å²) >= 11 is 6.02. The van der Waals surface area contributed by atoms with E-state index < -0.39 is 0 Å². The third kappa shape index (κ3) is 3.35. The van der Waals surface area contributed by atoms with Gasteiger partial charge in [-0.1, -0.05) is 40.5 Å². The number of hydrogen-bond donors (Lipinski definition) is 0. The largest absolute Gasteiger partial charge is 0.339 e. The topological polar surface area (TPSA) is 59.2 Å². The number of nitrogens with zero attached hydrogens (tertiary/aromatic N) is 3. The van der Waals surface area contributed by atoms with Gasteiger partial charge in [0.2, 0.25) is 17.6 Å². The van der Waals surface area contributed by atoms with Crippen LogP contribution in [-0.2, 0) is 17.6 Å². The zero-order valence-electron chi connectivity index (χ0n) is 14.4. The van der Waals surface area contributed by atoms with E-state index in [4.69, 9.17) is 16.1 Å². The number of hydrogen-bond acceptors (Lipinski definition) is 4. The van der Waals surface area contributed by atoms with Crippen molar-refractivity contribution in [1.29, 1.82) is 0 Å². The lowest BCUT2D eigenvalue weighted by Crippen LogP contribution is -2.29. The van der Waals surface area contributed by atoms with Crippen molar-refractivity contribution in [1.82, 2.24) is 10.1 Å². The van der Waals surface area contributed by atoms with Crippen molar-refractivity contribution < 1.29 is 9.32 Å². The van der Waals surface area contributed by atoms with E-state index in [9.17, 15) is 4.79 Å². The fourth-order valence-electron chi connectivity index (χ4n) is 3.24. The van der Waals surface area contributed by atoms with E-state index >= 15 is 0 Å². The van der Waals surface area contributed by atoms with Gasteiger partial charge >= 0.3 is 0 Å². The number of benzene rings is 2. The first kappa shape index (κ1) is 16.8. The second kappa shape index (κ2) is 6.92. The number of fused-ring (bicyclic) bond motifs is 1. The fraction of sp³-hybridized carbons (Fsp3) is 0.250. The summed E-state index contributed by atoms with van der Waals surface area (Å²) in [4.78, 5) is 18.8. The number of amides is 1. The van der Waals surface area contributed by atoms with Crippen molar-refractivity contribution in [3.8, 4) is 11.4 Å². The summed E-state index contributed by atoms with van der Waals surface area (Å²) in [5.41, 5.74) is 4.12. The molecule has 1 aliphatic rings. The van der Waals surface area contributed by atoms with Gasteiger partial charge in [-0.3, -0.25) is 4.79 Å². The van der Waals surface area contributed by atoms with Gasteiger partial charge in [0, 0.05) is 35.7 Å². The predicted molar refractivity (Wildman–Crippen MR) is 100 cm³/mol. The van der Waals surface area contributed by atoms with E-state index in [-0.39, 0.29) is 5.91 Å². The Morgan fingerprint density at radius 3 is 3.00 bits per heavy atom. The summed E-state index contributed by atoms with van der Waals surface area (Å²) in [6, 6.07) is 13.6. The molecule has 2 heterocycles. The Hall–Kier alpha value is -2.66. The van der Waals surface area contributed by atoms with Crippen molar-refractivity contribution in [3.63, 3.8) is 0 Å². The number of carbonyl (C=O) groups is 1. The SMILES string of the molecule is Cc1cccc(-c2noc(CCC(=O)N3CCc4cc(Cl)ccc43)n2)c1. The minimum absolute atomic E-state index is 0.0568. The molecule has 26 heavy (non-hydrogen) atoms. The molecule has 1 aliphatic heterocycles. The smallest absolute Gasteiger partial charge is 0.227 e. The third-order valence-corrected chi connectivity index (χ3v) is 4.77. The quantitative estimate of drug-likeness (QED) is 0.692. The van der Waals surface area contributed by atoms with Gasteiger partial charge in [0.15, 0.2) is 0 Å². The molecule has 2 aromatic carbocycles. The molecule has 4 rings (SSSR count). The molecule has 0 bridgehead atoms. The maximum absolute atomic E-state index is 12.6. The van der Waals surface area contributed by atoms with E-state index in [2.05, 4.69) is 10.1 Å². The number of halogens is 1. The van der Waals surface area contributed by atoms with Crippen LogP contribution in [0.25, 0.3) is 11.4 Å². The average Bonchev–Trinajstić information content (AvgIpc) is 3.26. The summed E-state index contributed by atoms with van der Waals surface area (Å²) < 4.78 is 5.31. The molecule has 0 atom stereocenters. The molecule has 1 amide bonds. The highest BCUT2D eigenvalue weighted by Gasteiger charge is 2.25. The molecule has 6 heteroatoms. The maximum Gasteiger partial charge on any atom is 0.227 e. The summed E-state index contributed by atoms with van der Waals surface area (Å²) in [7, 11) is 0. The first-order chi connectivity index (χ1) is 12.6. The first-order valence-corrected chi connectivity index (χ1v) is 8.96. The zero-order valence-corrected chi connectivity index (χ0v) is 15.2. The van der Waals surface area contributed by atoms with Crippen molar-refractivity contribution >= 4 is 23.2 Å². The maximum atomic E-state index is 12.6. The Morgan fingerprint density at radius 2 is 2.15 bits per heavy atom. The van der Waals surface area contributed by atoms with Crippen LogP contribution >= 0.6 is 11.6 Å². The van der Waals surface area contributed by atoms with Crippen LogP contribution in [0.2, 0.25) is 5.02 Å². The Bertz CT molecular complexity index is 967. The molecule has 1 aromatic heterocycles. The highest BCUT2D eigenvalue weighted by Crippen LogP contribution is 2.31. The van der Waals surface area contributed by atoms with Gasteiger partial charge in [-0.2, -0.15) is 4.98 Å². The van der Waals surface area contributed by atoms with Crippen molar-refractivity contribution in [2.24, 2.45) is 0 Å². The Labute approximate surface area is 156 Å². The van der Waals surface area contributed by atoms with Crippen molar-refractivity contribution in [3.05, 3.63) is 64.5 Å². The summed E-state index contributed by atoms with van der Waals surface area (Å²) in [5, 5.41) is 4.72. The molecule has 5 nitrogen and oxygen atoms in total. The van der Waals surface area contributed by atoms with E-state index in [1.165, 1.54) is 0 Å². The van der Waals surface area contributed by atoms with Crippen LogP contribution in [0.1, 0.15) is 23.4 Å². The van der Waals surface area contributed by atoms with Crippen LogP contribution in [0, 0.1) is 6.92 Å². The molecule has 0 spiro atoms. The normalized spacial score (nSPS) is 13.1. The van der Waals surface area contributed by atoms with Gasteiger partial charge in [-0.25, -0.2) is 0 Å². The van der Waals surface area contributed by atoms with Gasteiger partial charge in [0.25, 0.3) is 0 Å². The Balaban J connectivity index is 1.42. The summed E-state index contributed by atoms with van der Waals surface area (Å²) in [5.74, 6) is 1.09. The number of anilines is 1. The number of carbonyl (C=O) groups excluding carboxylic acids is 1. The van der Waals surface area contributed by atoms with Crippen LogP contribution in [-0.4, -0.2) is 22.6 Å². The summed E-state index contributed by atoms with van der Waals surface area (Å²) in [6.07, 6.45) is 1.59. The molecule has 0 saturated carbocycles.